The van der Waals surface area contributed by atoms with Gasteiger partial charge in [-0.1, -0.05) is 43.2 Å². The fraction of sp³-hybridized carbons (Fsp3) is 0.391. The lowest BCUT2D eigenvalue weighted by molar-refractivity contribution is -0.159. The largest absolute Gasteiger partial charge is 0.452 e. The van der Waals surface area contributed by atoms with Crippen LogP contribution in [-0.2, 0) is 19.7 Å². The van der Waals surface area contributed by atoms with Crippen molar-refractivity contribution in [1.29, 1.82) is 0 Å². The third kappa shape index (κ3) is 3.93. The molecule has 1 fully saturated rings. The zero-order valence-electron chi connectivity index (χ0n) is 16.5. The number of hydrogen-bond donors (Lipinski definition) is 1. The number of rotatable bonds is 5. The average Bonchev–Trinajstić information content (AvgIpc) is 3.16. The van der Waals surface area contributed by atoms with Crippen LogP contribution < -0.4 is 5.32 Å². The van der Waals surface area contributed by atoms with Crippen LogP contribution in [-0.4, -0.2) is 18.0 Å². The number of benzene rings is 2. The first kappa shape index (κ1) is 20.1. The minimum atomic E-state index is -1.01. The Morgan fingerprint density at radius 1 is 1.11 bits per heavy atom. The number of carbonyl (C=O) groups is 2. The second-order valence-corrected chi connectivity index (χ2v) is 7.62. The number of carbonyl (C=O) groups excluding carboxylic acids is 2. The molecule has 1 aliphatic rings. The van der Waals surface area contributed by atoms with E-state index in [-0.39, 0.29) is 0 Å². The van der Waals surface area contributed by atoms with Gasteiger partial charge in [0, 0.05) is 11.3 Å². The predicted molar refractivity (Wildman–Crippen MR) is 107 cm³/mol. The van der Waals surface area contributed by atoms with Crippen molar-refractivity contribution in [2.75, 3.05) is 5.32 Å². The van der Waals surface area contributed by atoms with E-state index in [0.717, 1.165) is 24.0 Å². The summed E-state index contributed by atoms with van der Waals surface area (Å²) in [6, 6.07) is 12.1. The molecular weight excluding hydrogens is 357 g/mol. The highest BCUT2D eigenvalue weighted by Gasteiger charge is 2.46. The molecule has 0 unspecified atom stereocenters. The van der Waals surface area contributed by atoms with E-state index in [9.17, 15) is 14.0 Å². The topological polar surface area (TPSA) is 55.4 Å². The van der Waals surface area contributed by atoms with Crippen LogP contribution in [0.2, 0.25) is 0 Å². The summed E-state index contributed by atoms with van der Waals surface area (Å²) >= 11 is 0. The molecule has 0 aliphatic heterocycles. The van der Waals surface area contributed by atoms with Crippen molar-refractivity contribution in [1.82, 2.24) is 0 Å². The van der Waals surface area contributed by atoms with Gasteiger partial charge in [-0.2, -0.15) is 0 Å². The third-order valence-corrected chi connectivity index (χ3v) is 5.54. The predicted octanol–water partition coefficient (Wildman–Crippen LogP) is 4.82. The molecule has 4 nitrogen and oxygen atoms in total. The van der Waals surface area contributed by atoms with Gasteiger partial charge in [0.15, 0.2) is 6.10 Å². The number of aryl methyl sites for hydroxylation is 2. The number of ether oxygens (including phenoxy) is 1. The van der Waals surface area contributed by atoms with Crippen molar-refractivity contribution in [3.8, 4) is 0 Å². The fourth-order valence-corrected chi connectivity index (χ4v) is 3.84. The number of halogens is 1. The molecule has 0 spiro atoms. The third-order valence-electron chi connectivity index (χ3n) is 5.54. The van der Waals surface area contributed by atoms with Gasteiger partial charge >= 0.3 is 5.97 Å². The summed E-state index contributed by atoms with van der Waals surface area (Å²) in [5.74, 6) is -1.34. The van der Waals surface area contributed by atoms with E-state index in [1.165, 1.54) is 6.07 Å². The SMILES string of the molecule is Cc1ccc(C)c(NC(=O)[C@@H](C)OC(=O)C2(c3ccccc3F)CCCC2)c1. The van der Waals surface area contributed by atoms with Crippen LogP contribution in [0.5, 0.6) is 0 Å². The molecule has 1 N–H and O–H groups in total. The Morgan fingerprint density at radius 3 is 2.46 bits per heavy atom. The molecule has 0 aromatic heterocycles. The van der Waals surface area contributed by atoms with Crippen LogP contribution in [0.1, 0.15) is 49.3 Å². The van der Waals surface area contributed by atoms with Crippen molar-refractivity contribution in [3.05, 3.63) is 65.0 Å². The average molecular weight is 383 g/mol. The van der Waals surface area contributed by atoms with Crippen LogP contribution in [0, 0.1) is 19.7 Å². The minimum Gasteiger partial charge on any atom is -0.452 e. The molecule has 5 heteroatoms. The summed E-state index contributed by atoms with van der Waals surface area (Å²) in [6.45, 7) is 5.39. The van der Waals surface area contributed by atoms with Gasteiger partial charge in [0.2, 0.25) is 0 Å². The summed E-state index contributed by atoms with van der Waals surface area (Å²) < 4.78 is 20.0. The molecule has 0 bridgehead atoms. The maximum atomic E-state index is 14.4. The maximum absolute atomic E-state index is 14.4. The van der Waals surface area contributed by atoms with Crippen molar-refractivity contribution in [2.45, 2.75) is 58.0 Å². The standard InChI is InChI=1S/C23H26FNO3/c1-15-10-11-16(2)20(14-15)25-21(26)17(3)28-22(27)23(12-6-7-13-23)18-8-4-5-9-19(18)24/h4-5,8-11,14,17H,6-7,12-13H2,1-3H3,(H,25,26)/t17-/m1/s1. The number of esters is 1. The molecule has 0 radical (unpaired) electrons. The van der Waals surface area contributed by atoms with Gasteiger partial charge in [-0.05, 0) is 56.9 Å². The Hall–Kier alpha value is -2.69. The second kappa shape index (κ2) is 8.13. The molecule has 28 heavy (non-hydrogen) atoms. The molecule has 1 aliphatic carbocycles. The summed E-state index contributed by atoms with van der Waals surface area (Å²) in [5, 5.41) is 2.82. The lowest BCUT2D eigenvalue weighted by Crippen LogP contribution is -2.40. The second-order valence-electron chi connectivity index (χ2n) is 7.62. The minimum absolute atomic E-state index is 0.361. The smallest absolute Gasteiger partial charge is 0.317 e. The Morgan fingerprint density at radius 2 is 1.79 bits per heavy atom. The Bertz CT molecular complexity index is 887. The molecular formula is C23H26FNO3. The van der Waals surface area contributed by atoms with Gasteiger partial charge in [0.25, 0.3) is 5.91 Å². The van der Waals surface area contributed by atoms with E-state index in [1.54, 1.807) is 25.1 Å². The number of anilines is 1. The quantitative estimate of drug-likeness (QED) is 0.753. The zero-order chi connectivity index (χ0) is 20.3. The summed E-state index contributed by atoms with van der Waals surface area (Å²) in [5.41, 5.74) is 1.99. The van der Waals surface area contributed by atoms with E-state index in [1.807, 2.05) is 32.0 Å². The lowest BCUT2D eigenvalue weighted by atomic mass is 9.78. The summed E-state index contributed by atoms with van der Waals surface area (Å²) in [4.78, 5) is 25.6. The number of nitrogens with one attached hydrogen (secondary N) is 1. The maximum Gasteiger partial charge on any atom is 0.317 e. The van der Waals surface area contributed by atoms with E-state index < -0.39 is 29.2 Å². The van der Waals surface area contributed by atoms with Crippen LogP contribution in [0.3, 0.4) is 0 Å². The zero-order valence-corrected chi connectivity index (χ0v) is 16.5. The first-order valence-corrected chi connectivity index (χ1v) is 9.68. The molecule has 148 valence electrons. The first-order chi connectivity index (χ1) is 13.3. The van der Waals surface area contributed by atoms with Crippen LogP contribution in [0.4, 0.5) is 10.1 Å². The van der Waals surface area contributed by atoms with Gasteiger partial charge in [0.05, 0.1) is 5.41 Å². The van der Waals surface area contributed by atoms with Crippen molar-refractivity contribution in [3.63, 3.8) is 0 Å². The van der Waals surface area contributed by atoms with Crippen LogP contribution >= 0.6 is 0 Å². The van der Waals surface area contributed by atoms with Gasteiger partial charge in [-0.3, -0.25) is 9.59 Å². The van der Waals surface area contributed by atoms with Crippen LogP contribution in [0.15, 0.2) is 42.5 Å². The molecule has 2 aromatic carbocycles. The van der Waals surface area contributed by atoms with Gasteiger partial charge in [-0.25, -0.2) is 4.39 Å². The molecule has 0 heterocycles. The molecule has 0 saturated heterocycles. The van der Waals surface area contributed by atoms with Crippen molar-refractivity contribution < 1.29 is 18.7 Å². The number of hydrogen-bond acceptors (Lipinski definition) is 3. The lowest BCUT2D eigenvalue weighted by Gasteiger charge is -2.29. The van der Waals surface area contributed by atoms with Crippen LogP contribution in [0.25, 0.3) is 0 Å². The fourth-order valence-electron chi connectivity index (χ4n) is 3.84. The Kier molecular flexibility index (Phi) is 5.82. The molecule has 1 saturated carbocycles. The molecule has 1 amide bonds. The molecule has 1 atom stereocenters. The summed E-state index contributed by atoms with van der Waals surface area (Å²) in [7, 11) is 0. The van der Waals surface area contributed by atoms with Crippen molar-refractivity contribution in [2.24, 2.45) is 0 Å². The molecule has 3 rings (SSSR count). The van der Waals surface area contributed by atoms with E-state index >= 15 is 0 Å². The highest BCUT2D eigenvalue weighted by atomic mass is 19.1. The highest BCUT2D eigenvalue weighted by molar-refractivity contribution is 5.96. The molecule has 2 aromatic rings. The Balaban J connectivity index is 1.76. The van der Waals surface area contributed by atoms with E-state index in [0.29, 0.717) is 24.1 Å². The van der Waals surface area contributed by atoms with Gasteiger partial charge in [0.1, 0.15) is 5.82 Å². The highest BCUT2D eigenvalue weighted by Crippen LogP contribution is 2.43. The normalized spacial score (nSPS) is 16.4. The van der Waals surface area contributed by atoms with Gasteiger partial charge < -0.3 is 10.1 Å². The first-order valence-electron chi connectivity index (χ1n) is 9.68. The Labute approximate surface area is 165 Å². The van der Waals surface area contributed by atoms with E-state index in [4.69, 9.17) is 4.74 Å². The summed E-state index contributed by atoms with van der Waals surface area (Å²) in [6.07, 6.45) is 1.73. The van der Waals surface area contributed by atoms with Crippen molar-refractivity contribution >= 4 is 17.6 Å². The monoisotopic (exact) mass is 383 g/mol. The van der Waals surface area contributed by atoms with E-state index in [2.05, 4.69) is 5.32 Å². The number of amides is 1. The van der Waals surface area contributed by atoms with Gasteiger partial charge in [-0.15, -0.1) is 0 Å².